The van der Waals surface area contributed by atoms with Gasteiger partial charge in [0.25, 0.3) is 0 Å². The molecule has 122 valence electrons. The molecule has 0 saturated carbocycles. The molecule has 2 rings (SSSR count). The van der Waals surface area contributed by atoms with Crippen molar-refractivity contribution >= 4 is 56.2 Å². The average Bonchev–Trinajstić information content (AvgIpc) is 2.50. The summed E-state index contributed by atoms with van der Waals surface area (Å²) >= 11 is 18.0. The number of anilines is 1. The van der Waals surface area contributed by atoms with Crippen molar-refractivity contribution < 1.29 is 8.42 Å². The molecule has 0 saturated heterocycles. The van der Waals surface area contributed by atoms with Gasteiger partial charge in [-0.15, -0.1) is 0 Å². The first-order valence-corrected chi connectivity index (χ1v) is 8.95. The summed E-state index contributed by atoms with van der Waals surface area (Å²) in [6.45, 7) is 1.75. The van der Waals surface area contributed by atoms with Crippen LogP contribution in [-0.4, -0.2) is 14.1 Å². The van der Waals surface area contributed by atoms with E-state index in [0.29, 0.717) is 27.0 Å². The molecule has 0 aromatic heterocycles. The van der Waals surface area contributed by atoms with Crippen molar-refractivity contribution in [2.75, 3.05) is 5.43 Å². The van der Waals surface area contributed by atoms with Crippen LogP contribution in [0, 0.1) is 0 Å². The molecule has 5 nitrogen and oxygen atoms in total. The molecule has 3 N–H and O–H groups in total. The number of hydrogen-bond donors (Lipinski definition) is 2. The Morgan fingerprint density at radius 1 is 1.04 bits per heavy atom. The summed E-state index contributed by atoms with van der Waals surface area (Å²) in [4.78, 5) is 0.0243. The highest BCUT2D eigenvalue weighted by atomic mass is 35.5. The van der Waals surface area contributed by atoms with Gasteiger partial charge < -0.3 is 0 Å². The Morgan fingerprint density at radius 3 is 2.22 bits per heavy atom. The number of nitrogens with one attached hydrogen (secondary N) is 1. The molecular formula is C14H12Cl3N3O2S. The Bertz CT molecular complexity index is 866. The van der Waals surface area contributed by atoms with E-state index in [1.807, 2.05) is 0 Å². The van der Waals surface area contributed by atoms with E-state index in [2.05, 4.69) is 10.5 Å². The van der Waals surface area contributed by atoms with E-state index in [0.717, 1.165) is 0 Å². The summed E-state index contributed by atoms with van der Waals surface area (Å²) in [5.74, 6) is 0. The normalized spacial score (nSPS) is 12.3. The van der Waals surface area contributed by atoms with E-state index in [9.17, 15) is 8.42 Å². The number of primary sulfonamides is 1. The molecule has 0 atom stereocenters. The molecule has 0 bridgehead atoms. The van der Waals surface area contributed by atoms with E-state index in [1.165, 1.54) is 12.1 Å². The number of sulfonamides is 1. The molecular weight excluding hydrogens is 381 g/mol. The maximum atomic E-state index is 11.2. The van der Waals surface area contributed by atoms with Crippen LogP contribution in [0.3, 0.4) is 0 Å². The predicted molar refractivity (Wildman–Crippen MR) is 95.1 cm³/mol. The standard InChI is InChI=1S/C14H12Cl3N3O2S/c1-8(11-6-7-12(15)14(17)13(11)16)19-20-9-2-4-10(5-3-9)23(18,21)22/h2-7,20H,1H3,(H2,18,21,22)/b19-8+. The summed E-state index contributed by atoms with van der Waals surface area (Å²) in [6, 6.07) is 9.20. The van der Waals surface area contributed by atoms with Crippen molar-refractivity contribution in [2.45, 2.75) is 11.8 Å². The van der Waals surface area contributed by atoms with Gasteiger partial charge in [0.2, 0.25) is 10.0 Å². The minimum Gasteiger partial charge on any atom is -0.278 e. The van der Waals surface area contributed by atoms with Crippen LogP contribution in [0.4, 0.5) is 5.69 Å². The second kappa shape index (κ2) is 7.07. The van der Waals surface area contributed by atoms with Crippen LogP contribution in [0.15, 0.2) is 46.4 Å². The van der Waals surface area contributed by atoms with E-state index < -0.39 is 10.0 Å². The van der Waals surface area contributed by atoms with Gasteiger partial charge in [-0.05, 0) is 37.3 Å². The van der Waals surface area contributed by atoms with Crippen molar-refractivity contribution in [3.8, 4) is 0 Å². The van der Waals surface area contributed by atoms with Crippen molar-refractivity contribution in [3.63, 3.8) is 0 Å². The second-order valence-electron chi connectivity index (χ2n) is 4.60. The zero-order valence-corrected chi connectivity index (χ0v) is 14.9. The third kappa shape index (κ3) is 4.37. The van der Waals surface area contributed by atoms with Crippen molar-refractivity contribution in [3.05, 3.63) is 57.0 Å². The van der Waals surface area contributed by atoms with Gasteiger partial charge in [-0.2, -0.15) is 5.10 Å². The molecule has 0 unspecified atom stereocenters. The number of rotatable bonds is 4. The lowest BCUT2D eigenvalue weighted by atomic mass is 10.1. The minimum absolute atomic E-state index is 0.0243. The number of nitrogens with two attached hydrogens (primary N) is 1. The molecule has 0 aliphatic rings. The topological polar surface area (TPSA) is 84.5 Å². The molecule has 0 heterocycles. The molecule has 0 aliphatic heterocycles. The number of benzene rings is 2. The fraction of sp³-hybridized carbons (Fsp3) is 0.0714. The van der Waals surface area contributed by atoms with Crippen LogP contribution < -0.4 is 10.6 Å². The third-order valence-electron chi connectivity index (χ3n) is 2.96. The highest BCUT2D eigenvalue weighted by Crippen LogP contribution is 2.33. The van der Waals surface area contributed by atoms with Crippen LogP contribution in [0.2, 0.25) is 15.1 Å². The van der Waals surface area contributed by atoms with Gasteiger partial charge in [0.05, 0.1) is 31.4 Å². The zero-order chi connectivity index (χ0) is 17.2. The summed E-state index contributed by atoms with van der Waals surface area (Å²) in [6.07, 6.45) is 0. The van der Waals surface area contributed by atoms with Gasteiger partial charge in [0.1, 0.15) is 0 Å². The van der Waals surface area contributed by atoms with E-state index in [4.69, 9.17) is 39.9 Å². The number of halogens is 3. The molecule has 2 aromatic carbocycles. The van der Waals surface area contributed by atoms with Crippen molar-refractivity contribution in [1.29, 1.82) is 0 Å². The SMILES string of the molecule is C/C(=N\Nc1ccc(S(N)(=O)=O)cc1)c1ccc(Cl)c(Cl)c1Cl. The van der Waals surface area contributed by atoms with Crippen LogP contribution in [0.1, 0.15) is 12.5 Å². The summed E-state index contributed by atoms with van der Waals surface area (Å²) in [5, 5.41) is 10.2. The fourth-order valence-electron chi connectivity index (χ4n) is 1.73. The van der Waals surface area contributed by atoms with Gasteiger partial charge >= 0.3 is 0 Å². The summed E-state index contributed by atoms with van der Waals surface area (Å²) in [5.41, 5.74) is 4.61. The van der Waals surface area contributed by atoms with E-state index >= 15 is 0 Å². The van der Waals surface area contributed by atoms with Crippen LogP contribution >= 0.6 is 34.8 Å². The molecule has 0 aliphatic carbocycles. The molecule has 23 heavy (non-hydrogen) atoms. The quantitative estimate of drug-likeness (QED) is 0.466. The second-order valence-corrected chi connectivity index (χ2v) is 7.33. The molecule has 0 spiro atoms. The van der Waals surface area contributed by atoms with Gasteiger partial charge in [0.15, 0.2) is 0 Å². The van der Waals surface area contributed by atoms with E-state index in [1.54, 1.807) is 31.2 Å². The largest absolute Gasteiger partial charge is 0.278 e. The Hall–Kier alpha value is -1.31. The number of hydrogen-bond acceptors (Lipinski definition) is 4. The third-order valence-corrected chi connectivity index (χ3v) is 5.18. The lowest BCUT2D eigenvalue weighted by Crippen LogP contribution is -2.11. The Kier molecular flexibility index (Phi) is 5.54. The molecule has 0 fully saturated rings. The van der Waals surface area contributed by atoms with Crippen LogP contribution in [-0.2, 0) is 10.0 Å². The van der Waals surface area contributed by atoms with Gasteiger partial charge in [-0.25, -0.2) is 13.6 Å². The molecule has 2 aromatic rings. The summed E-state index contributed by atoms with van der Waals surface area (Å²) < 4.78 is 22.4. The first kappa shape index (κ1) is 18.0. The summed E-state index contributed by atoms with van der Waals surface area (Å²) in [7, 11) is -3.72. The van der Waals surface area contributed by atoms with Crippen LogP contribution in [0.5, 0.6) is 0 Å². The maximum Gasteiger partial charge on any atom is 0.238 e. The number of nitrogens with zero attached hydrogens (tertiary/aromatic N) is 1. The minimum atomic E-state index is -3.72. The highest BCUT2D eigenvalue weighted by molar-refractivity contribution is 7.89. The predicted octanol–water partition coefficient (Wildman–Crippen LogP) is 4.13. The Balaban J connectivity index is 2.22. The first-order valence-electron chi connectivity index (χ1n) is 6.27. The van der Waals surface area contributed by atoms with Gasteiger partial charge in [-0.3, -0.25) is 5.43 Å². The first-order chi connectivity index (χ1) is 10.7. The lowest BCUT2D eigenvalue weighted by Gasteiger charge is -2.08. The van der Waals surface area contributed by atoms with Gasteiger partial charge in [-0.1, -0.05) is 40.9 Å². The molecule has 0 radical (unpaired) electrons. The molecule has 9 heteroatoms. The molecule has 0 amide bonds. The Morgan fingerprint density at radius 2 is 1.65 bits per heavy atom. The van der Waals surface area contributed by atoms with E-state index in [-0.39, 0.29) is 9.92 Å². The Labute approximate surface area is 149 Å². The smallest absolute Gasteiger partial charge is 0.238 e. The van der Waals surface area contributed by atoms with Gasteiger partial charge in [0, 0.05) is 5.56 Å². The number of hydrazone groups is 1. The monoisotopic (exact) mass is 391 g/mol. The maximum absolute atomic E-state index is 11.2. The lowest BCUT2D eigenvalue weighted by molar-refractivity contribution is 0.598. The van der Waals surface area contributed by atoms with Crippen molar-refractivity contribution in [1.82, 2.24) is 0 Å². The average molecular weight is 393 g/mol. The van der Waals surface area contributed by atoms with Crippen LogP contribution in [0.25, 0.3) is 0 Å². The fourth-order valence-corrected chi connectivity index (χ4v) is 2.92. The highest BCUT2D eigenvalue weighted by Gasteiger charge is 2.11. The van der Waals surface area contributed by atoms with Crippen molar-refractivity contribution in [2.24, 2.45) is 10.2 Å². The zero-order valence-electron chi connectivity index (χ0n) is 11.8.